The highest BCUT2D eigenvalue weighted by Crippen LogP contribution is 1.95. The molecule has 3 N–H and O–H groups in total. The van der Waals surface area contributed by atoms with Gasteiger partial charge in [0.2, 0.25) is 0 Å². The third-order valence-electron chi connectivity index (χ3n) is 2.07. The Bertz CT molecular complexity index is 364. The highest BCUT2D eigenvalue weighted by Gasteiger charge is 2.19. The van der Waals surface area contributed by atoms with Gasteiger partial charge in [-0.3, -0.25) is 0 Å². The molecule has 1 heterocycles. The van der Waals surface area contributed by atoms with Gasteiger partial charge in [0.15, 0.2) is 0 Å². The maximum absolute atomic E-state index is 11.5. The van der Waals surface area contributed by atoms with Gasteiger partial charge in [0, 0.05) is 19.6 Å². The zero-order chi connectivity index (χ0) is 13.6. The van der Waals surface area contributed by atoms with E-state index >= 15 is 0 Å². The van der Waals surface area contributed by atoms with E-state index in [0.29, 0.717) is 13.2 Å². The van der Waals surface area contributed by atoms with E-state index in [9.17, 15) is 13.2 Å². The number of amides is 1. The van der Waals surface area contributed by atoms with E-state index in [1.54, 1.807) is 18.6 Å². The molecule has 106 valence electrons. The lowest BCUT2D eigenvalue weighted by Crippen LogP contribution is -2.48. The average molecular weight is 281 g/mol. The normalized spacial score (nSPS) is 20.7. The fourth-order valence-electron chi connectivity index (χ4n) is 1.34. The van der Waals surface area contributed by atoms with Crippen LogP contribution in [0.2, 0.25) is 0 Å². The van der Waals surface area contributed by atoms with Crippen LogP contribution < -0.4 is 14.8 Å². The second-order valence-electron chi connectivity index (χ2n) is 4.10. The SMILES string of the molecule is CC(C)OC(=O)NS(=O)(=O)NCC1CNCCO1. The van der Waals surface area contributed by atoms with Crippen LogP contribution in [-0.4, -0.2) is 53.0 Å². The molecule has 1 unspecified atom stereocenters. The number of rotatable bonds is 5. The van der Waals surface area contributed by atoms with E-state index in [4.69, 9.17) is 4.74 Å². The van der Waals surface area contributed by atoms with Crippen LogP contribution in [0.5, 0.6) is 0 Å². The molecule has 0 aromatic carbocycles. The Kier molecular flexibility index (Phi) is 5.79. The van der Waals surface area contributed by atoms with Crippen molar-refractivity contribution in [2.45, 2.75) is 26.1 Å². The largest absolute Gasteiger partial charge is 0.446 e. The summed E-state index contributed by atoms with van der Waals surface area (Å²) in [4.78, 5) is 11.1. The fourth-order valence-corrected chi connectivity index (χ4v) is 2.08. The van der Waals surface area contributed by atoms with Crippen molar-refractivity contribution in [2.75, 3.05) is 26.2 Å². The van der Waals surface area contributed by atoms with Gasteiger partial charge in [-0.15, -0.1) is 0 Å². The molecule has 1 saturated heterocycles. The Balaban J connectivity index is 2.32. The van der Waals surface area contributed by atoms with Crippen molar-refractivity contribution in [3.63, 3.8) is 0 Å². The molecule has 18 heavy (non-hydrogen) atoms. The number of carbonyl (C=O) groups excluding carboxylic acids is 1. The topological polar surface area (TPSA) is 106 Å². The minimum atomic E-state index is -3.91. The minimum Gasteiger partial charge on any atom is -0.446 e. The summed E-state index contributed by atoms with van der Waals surface area (Å²) in [6.07, 6.45) is -1.62. The molecule has 1 amide bonds. The van der Waals surface area contributed by atoms with Crippen molar-refractivity contribution >= 4 is 16.3 Å². The van der Waals surface area contributed by atoms with Crippen LogP contribution in [0.15, 0.2) is 0 Å². The molecule has 0 aliphatic carbocycles. The lowest BCUT2D eigenvalue weighted by molar-refractivity contribution is 0.0323. The summed E-state index contributed by atoms with van der Waals surface area (Å²) >= 11 is 0. The summed E-state index contributed by atoms with van der Waals surface area (Å²) in [7, 11) is -3.91. The summed E-state index contributed by atoms with van der Waals surface area (Å²) in [6.45, 7) is 5.20. The molecule has 0 spiro atoms. The van der Waals surface area contributed by atoms with Gasteiger partial charge >= 0.3 is 16.3 Å². The number of hydrogen-bond acceptors (Lipinski definition) is 6. The molecule has 1 aliphatic rings. The quantitative estimate of drug-likeness (QED) is 0.593. The number of hydrogen-bond donors (Lipinski definition) is 3. The van der Waals surface area contributed by atoms with E-state index in [1.165, 1.54) is 0 Å². The Morgan fingerprint density at radius 1 is 1.56 bits per heavy atom. The standard InChI is InChI=1S/C9H19N3O5S/c1-7(2)17-9(13)12-18(14,15)11-6-8-5-10-3-4-16-8/h7-8,10-11H,3-6H2,1-2H3,(H,12,13). The minimum absolute atomic E-state index is 0.0945. The molecule has 0 bridgehead atoms. The van der Waals surface area contributed by atoms with Crippen molar-refractivity contribution in [3.05, 3.63) is 0 Å². The van der Waals surface area contributed by atoms with Crippen LogP contribution in [0.1, 0.15) is 13.8 Å². The lowest BCUT2D eigenvalue weighted by atomic mass is 10.3. The molecule has 1 fully saturated rings. The number of nitrogens with one attached hydrogen (secondary N) is 3. The van der Waals surface area contributed by atoms with Gasteiger partial charge in [-0.25, -0.2) is 9.52 Å². The molecule has 9 heteroatoms. The first kappa shape index (κ1) is 15.2. The molecule has 0 radical (unpaired) electrons. The van der Waals surface area contributed by atoms with Crippen LogP contribution in [0.4, 0.5) is 4.79 Å². The van der Waals surface area contributed by atoms with Gasteiger partial charge < -0.3 is 14.8 Å². The summed E-state index contributed by atoms with van der Waals surface area (Å²) in [5.74, 6) is 0. The molecule has 1 aliphatic heterocycles. The van der Waals surface area contributed by atoms with Crippen molar-refractivity contribution in [1.82, 2.24) is 14.8 Å². The van der Waals surface area contributed by atoms with Crippen LogP contribution in [-0.2, 0) is 19.7 Å². The second-order valence-corrected chi connectivity index (χ2v) is 5.60. The summed E-state index contributed by atoms with van der Waals surface area (Å²) in [5, 5.41) is 3.07. The number of morpholine rings is 1. The second kappa shape index (κ2) is 6.88. The monoisotopic (exact) mass is 281 g/mol. The van der Waals surface area contributed by atoms with Crippen LogP contribution in [0, 0.1) is 0 Å². The Morgan fingerprint density at radius 2 is 2.28 bits per heavy atom. The first-order valence-electron chi connectivity index (χ1n) is 5.69. The zero-order valence-electron chi connectivity index (χ0n) is 10.4. The van der Waals surface area contributed by atoms with E-state index in [2.05, 4.69) is 14.8 Å². The van der Waals surface area contributed by atoms with Crippen LogP contribution in [0.25, 0.3) is 0 Å². The van der Waals surface area contributed by atoms with E-state index in [1.807, 2.05) is 0 Å². The van der Waals surface area contributed by atoms with Crippen molar-refractivity contribution in [3.8, 4) is 0 Å². The van der Waals surface area contributed by atoms with E-state index < -0.39 is 16.3 Å². The van der Waals surface area contributed by atoms with Gasteiger partial charge in [0.05, 0.1) is 18.8 Å². The Morgan fingerprint density at radius 3 is 2.83 bits per heavy atom. The van der Waals surface area contributed by atoms with Gasteiger partial charge in [0.25, 0.3) is 0 Å². The van der Waals surface area contributed by atoms with Gasteiger partial charge in [0.1, 0.15) is 0 Å². The predicted molar refractivity (Wildman–Crippen MR) is 64.3 cm³/mol. The smallest absolute Gasteiger partial charge is 0.422 e. The zero-order valence-corrected chi connectivity index (χ0v) is 11.2. The van der Waals surface area contributed by atoms with Crippen molar-refractivity contribution < 1.29 is 22.7 Å². The lowest BCUT2D eigenvalue weighted by Gasteiger charge is -2.23. The molecule has 0 aromatic rings. The summed E-state index contributed by atoms with van der Waals surface area (Å²) in [5.41, 5.74) is 0. The molecular formula is C9H19N3O5S. The Labute approximate surface area is 107 Å². The van der Waals surface area contributed by atoms with Gasteiger partial charge in [-0.1, -0.05) is 0 Å². The first-order valence-corrected chi connectivity index (χ1v) is 7.17. The summed E-state index contributed by atoms with van der Waals surface area (Å²) < 4.78 is 36.9. The molecule has 1 atom stereocenters. The molecule has 8 nitrogen and oxygen atoms in total. The predicted octanol–water partition coefficient (Wildman–Crippen LogP) is -1.06. The molecule has 1 rings (SSSR count). The van der Waals surface area contributed by atoms with Crippen LogP contribution >= 0.6 is 0 Å². The van der Waals surface area contributed by atoms with Crippen molar-refractivity contribution in [2.24, 2.45) is 0 Å². The maximum atomic E-state index is 11.5. The highest BCUT2D eigenvalue weighted by molar-refractivity contribution is 7.88. The maximum Gasteiger partial charge on any atom is 0.422 e. The molecule has 0 aromatic heterocycles. The van der Waals surface area contributed by atoms with E-state index in [-0.39, 0.29) is 18.8 Å². The summed E-state index contributed by atoms with van der Waals surface area (Å²) in [6, 6.07) is 0. The third kappa shape index (κ3) is 6.15. The van der Waals surface area contributed by atoms with Crippen LogP contribution in [0.3, 0.4) is 0 Å². The van der Waals surface area contributed by atoms with E-state index in [0.717, 1.165) is 6.54 Å². The highest BCUT2D eigenvalue weighted by atomic mass is 32.2. The Hall–Kier alpha value is -0.900. The number of carbonyl (C=O) groups is 1. The first-order chi connectivity index (χ1) is 8.39. The average Bonchev–Trinajstić information content (AvgIpc) is 2.26. The van der Waals surface area contributed by atoms with Gasteiger partial charge in [-0.2, -0.15) is 13.1 Å². The third-order valence-corrected chi connectivity index (χ3v) is 3.05. The fraction of sp³-hybridized carbons (Fsp3) is 0.889. The molecular weight excluding hydrogens is 262 g/mol. The number of ether oxygens (including phenoxy) is 2. The van der Waals surface area contributed by atoms with Crippen molar-refractivity contribution in [1.29, 1.82) is 0 Å². The van der Waals surface area contributed by atoms with Gasteiger partial charge in [-0.05, 0) is 13.8 Å². The molecule has 0 saturated carbocycles.